The van der Waals surface area contributed by atoms with Crippen molar-refractivity contribution in [1.29, 1.82) is 0 Å². The van der Waals surface area contributed by atoms with Crippen LogP contribution in [0.25, 0.3) is 0 Å². The van der Waals surface area contributed by atoms with Gasteiger partial charge in [0.05, 0.1) is 6.42 Å². The van der Waals surface area contributed by atoms with Gasteiger partial charge in [-0.2, -0.15) is 4.98 Å². The van der Waals surface area contributed by atoms with Crippen LogP contribution in [0.15, 0.2) is 28.9 Å². The summed E-state index contributed by atoms with van der Waals surface area (Å²) in [5.41, 5.74) is 0.839. The summed E-state index contributed by atoms with van der Waals surface area (Å²) in [7, 11) is 0. The molecular weight excluding hydrogens is 182 g/mol. The molecule has 0 saturated carbocycles. The Morgan fingerprint density at radius 2 is 2.36 bits per heavy atom. The van der Waals surface area contributed by atoms with Crippen LogP contribution in [0, 0.1) is 0 Å². The van der Waals surface area contributed by atoms with Gasteiger partial charge in [0.15, 0.2) is 5.82 Å². The third kappa shape index (κ3) is 1.82. The third-order valence-electron chi connectivity index (χ3n) is 1.65. The Kier molecular flexibility index (Phi) is 2.31. The highest BCUT2D eigenvalue weighted by Gasteiger charge is 2.05. The van der Waals surface area contributed by atoms with Crippen LogP contribution < -0.4 is 0 Å². The minimum absolute atomic E-state index is 0.00377. The number of nitrogens with zero attached hydrogens (tertiary/aromatic N) is 3. The van der Waals surface area contributed by atoms with Gasteiger partial charge in [-0.15, -0.1) is 0 Å². The van der Waals surface area contributed by atoms with Crippen molar-refractivity contribution >= 4 is 6.29 Å². The van der Waals surface area contributed by atoms with E-state index in [1.165, 1.54) is 0 Å². The fourth-order valence-electron chi connectivity index (χ4n) is 1.05. The number of hydrogen-bond acceptors (Lipinski definition) is 5. The lowest BCUT2D eigenvalue weighted by atomic mass is 10.3. The molecule has 2 aromatic rings. The van der Waals surface area contributed by atoms with Crippen LogP contribution in [0.2, 0.25) is 0 Å². The molecule has 5 heteroatoms. The molecule has 0 unspecified atom stereocenters. The fraction of sp³-hybridized carbons (Fsp3) is 0.111. The zero-order valence-corrected chi connectivity index (χ0v) is 7.25. The van der Waals surface area contributed by atoms with Crippen molar-refractivity contribution in [2.45, 2.75) is 6.42 Å². The molecule has 0 aliphatic carbocycles. The van der Waals surface area contributed by atoms with E-state index in [0.717, 1.165) is 5.69 Å². The van der Waals surface area contributed by atoms with Gasteiger partial charge in [-0.3, -0.25) is 9.78 Å². The quantitative estimate of drug-likeness (QED) is 0.670. The standard InChI is InChI=1S/C9H7N3O2/c13-6-9-11-8(12-14-9)5-7-3-1-2-4-10-7/h1-4,6H,5H2. The van der Waals surface area contributed by atoms with Gasteiger partial charge >= 0.3 is 0 Å². The number of aldehydes is 1. The Morgan fingerprint density at radius 3 is 3.00 bits per heavy atom. The van der Waals surface area contributed by atoms with E-state index >= 15 is 0 Å². The summed E-state index contributed by atoms with van der Waals surface area (Å²) < 4.78 is 4.63. The van der Waals surface area contributed by atoms with Gasteiger partial charge < -0.3 is 4.52 Å². The third-order valence-corrected chi connectivity index (χ3v) is 1.65. The molecule has 0 aliphatic heterocycles. The average molecular weight is 189 g/mol. The molecule has 0 amide bonds. The van der Waals surface area contributed by atoms with Gasteiger partial charge in [0.25, 0.3) is 5.89 Å². The number of rotatable bonds is 3. The van der Waals surface area contributed by atoms with Crippen LogP contribution in [0.3, 0.4) is 0 Å². The Balaban J connectivity index is 2.15. The van der Waals surface area contributed by atoms with Crippen molar-refractivity contribution in [3.8, 4) is 0 Å². The molecule has 70 valence electrons. The molecule has 0 radical (unpaired) electrons. The summed E-state index contributed by atoms with van der Waals surface area (Å²) in [6.45, 7) is 0. The van der Waals surface area contributed by atoms with Gasteiger partial charge in [0.2, 0.25) is 6.29 Å². The maximum atomic E-state index is 10.3. The van der Waals surface area contributed by atoms with Gasteiger partial charge in [0.1, 0.15) is 0 Å². The molecule has 5 nitrogen and oxygen atoms in total. The van der Waals surface area contributed by atoms with Crippen molar-refractivity contribution < 1.29 is 9.32 Å². The molecule has 2 aromatic heterocycles. The lowest BCUT2D eigenvalue weighted by Crippen LogP contribution is -1.93. The monoisotopic (exact) mass is 189 g/mol. The molecule has 0 fully saturated rings. The maximum absolute atomic E-state index is 10.3. The average Bonchev–Trinajstić information content (AvgIpc) is 2.67. The Morgan fingerprint density at radius 1 is 1.43 bits per heavy atom. The Hall–Kier alpha value is -2.04. The van der Waals surface area contributed by atoms with Crippen molar-refractivity contribution in [3.05, 3.63) is 41.8 Å². The number of aromatic nitrogens is 3. The van der Waals surface area contributed by atoms with E-state index in [4.69, 9.17) is 0 Å². The SMILES string of the molecule is O=Cc1nc(Cc2ccccn2)no1. The largest absolute Gasteiger partial charge is 0.331 e. The van der Waals surface area contributed by atoms with E-state index in [1.54, 1.807) is 6.20 Å². The zero-order chi connectivity index (χ0) is 9.80. The predicted molar refractivity (Wildman–Crippen MR) is 46.7 cm³/mol. The van der Waals surface area contributed by atoms with Gasteiger partial charge in [-0.25, -0.2) is 0 Å². The van der Waals surface area contributed by atoms with Crippen molar-refractivity contribution in [2.75, 3.05) is 0 Å². The Labute approximate surface area is 79.8 Å². The van der Waals surface area contributed by atoms with E-state index in [-0.39, 0.29) is 5.89 Å². The predicted octanol–water partition coefficient (Wildman–Crippen LogP) is 0.868. The second-order valence-electron chi connectivity index (χ2n) is 2.66. The van der Waals surface area contributed by atoms with Gasteiger partial charge in [0, 0.05) is 11.9 Å². The molecule has 0 aromatic carbocycles. The van der Waals surface area contributed by atoms with E-state index in [9.17, 15) is 4.79 Å². The topological polar surface area (TPSA) is 68.9 Å². The molecule has 0 saturated heterocycles. The maximum Gasteiger partial charge on any atom is 0.290 e. The minimum Gasteiger partial charge on any atom is -0.331 e. The first-order valence-corrected chi connectivity index (χ1v) is 4.06. The number of hydrogen-bond donors (Lipinski definition) is 0. The lowest BCUT2D eigenvalue weighted by molar-refractivity contribution is 0.108. The normalized spacial score (nSPS) is 10.0. The highest BCUT2D eigenvalue weighted by molar-refractivity contribution is 5.66. The van der Waals surface area contributed by atoms with E-state index in [2.05, 4.69) is 19.6 Å². The summed E-state index contributed by atoms with van der Waals surface area (Å²) >= 11 is 0. The first-order valence-electron chi connectivity index (χ1n) is 4.06. The lowest BCUT2D eigenvalue weighted by Gasteiger charge is -1.92. The number of carbonyl (C=O) groups excluding carboxylic acids is 1. The van der Waals surface area contributed by atoms with Crippen LogP contribution in [0.1, 0.15) is 22.2 Å². The summed E-state index contributed by atoms with van der Waals surface area (Å²) in [5, 5.41) is 3.62. The van der Waals surface area contributed by atoms with Crippen LogP contribution in [-0.2, 0) is 6.42 Å². The molecule has 0 N–H and O–H groups in total. The van der Waals surface area contributed by atoms with Crippen molar-refractivity contribution in [1.82, 2.24) is 15.1 Å². The first kappa shape index (κ1) is 8.55. The zero-order valence-electron chi connectivity index (χ0n) is 7.25. The summed E-state index contributed by atoms with van der Waals surface area (Å²) in [5.74, 6) is 0.460. The minimum atomic E-state index is -0.00377. The van der Waals surface area contributed by atoms with E-state index < -0.39 is 0 Å². The molecule has 0 aliphatic rings. The highest BCUT2D eigenvalue weighted by Crippen LogP contribution is 2.02. The Bertz CT molecular complexity index is 425. The summed E-state index contributed by atoms with van der Waals surface area (Å²) in [4.78, 5) is 18.2. The van der Waals surface area contributed by atoms with Crippen LogP contribution in [0.5, 0.6) is 0 Å². The van der Waals surface area contributed by atoms with Crippen LogP contribution in [0.4, 0.5) is 0 Å². The van der Waals surface area contributed by atoms with Gasteiger partial charge in [-0.05, 0) is 12.1 Å². The van der Waals surface area contributed by atoms with Crippen molar-refractivity contribution in [3.63, 3.8) is 0 Å². The molecule has 0 bridgehead atoms. The molecule has 14 heavy (non-hydrogen) atoms. The number of carbonyl (C=O) groups is 1. The highest BCUT2D eigenvalue weighted by atomic mass is 16.5. The second-order valence-corrected chi connectivity index (χ2v) is 2.66. The second kappa shape index (κ2) is 3.78. The van der Waals surface area contributed by atoms with E-state index in [0.29, 0.717) is 18.5 Å². The van der Waals surface area contributed by atoms with Crippen molar-refractivity contribution in [2.24, 2.45) is 0 Å². The fourth-order valence-corrected chi connectivity index (χ4v) is 1.05. The molecule has 2 heterocycles. The number of pyridine rings is 1. The van der Waals surface area contributed by atoms with Crippen LogP contribution in [-0.4, -0.2) is 21.4 Å². The smallest absolute Gasteiger partial charge is 0.290 e. The van der Waals surface area contributed by atoms with E-state index in [1.807, 2.05) is 18.2 Å². The first-order chi connectivity index (χ1) is 6.88. The molecule has 2 rings (SSSR count). The van der Waals surface area contributed by atoms with Gasteiger partial charge in [-0.1, -0.05) is 11.2 Å². The summed E-state index contributed by atoms with van der Waals surface area (Å²) in [6, 6.07) is 5.57. The summed E-state index contributed by atoms with van der Waals surface area (Å²) in [6.07, 6.45) is 2.68. The molecule has 0 spiro atoms. The molecular formula is C9H7N3O2. The molecule has 0 atom stereocenters. The van der Waals surface area contributed by atoms with Crippen LogP contribution >= 0.6 is 0 Å².